The van der Waals surface area contributed by atoms with Gasteiger partial charge in [-0.2, -0.15) is 0 Å². The highest BCUT2D eigenvalue weighted by molar-refractivity contribution is 5.55. The molecule has 7 nitrogen and oxygen atoms in total. The predicted molar refractivity (Wildman–Crippen MR) is 101 cm³/mol. The number of nitrogens with zero attached hydrogens (tertiary/aromatic N) is 7. The zero-order chi connectivity index (χ0) is 18.6. The van der Waals surface area contributed by atoms with E-state index in [0.29, 0.717) is 50.1 Å². The largest absolute Gasteiger partial charge is 0.351 e. The minimum absolute atomic E-state index is 0.318. The first-order valence-electron chi connectivity index (χ1n) is 9.00. The minimum Gasteiger partial charge on any atom is -0.351 e. The Balaban J connectivity index is 1.49. The number of hydrogen-bond acceptors (Lipinski definition) is 7. The fraction of sp³-hybridized carbons (Fsp3) is 0.316. The highest BCUT2D eigenvalue weighted by Gasteiger charge is 2.23. The summed E-state index contributed by atoms with van der Waals surface area (Å²) in [7, 11) is 0. The molecule has 1 aliphatic heterocycles. The summed E-state index contributed by atoms with van der Waals surface area (Å²) in [4.78, 5) is 25.6. The highest BCUT2D eigenvalue weighted by atomic mass is 19.1. The molecule has 0 atom stereocenters. The number of hydrogen-bond donors (Lipinski definition) is 0. The van der Waals surface area contributed by atoms with Crippen LogP contribution in [0.2, 0.25) is 0 Å². The van der Waals surface area contributed by atoms with Gasteiger partial charge in [0.05, 0.1) is 17.1 Å². The fourth-order valence-corrected chi connectivity index (χ4v) is 3.14. The van der Waals surface area contributed by atoms with Crippen LogP contribution in [0, 0.1) is 5.82 Å². The Labute approximate surface area is 157 Å². The SMILES string of the molecule is CCc1ncnc(N2CCN(c3nccc(-c4ccccn4)n3)CC2)c1F. The van der Waals surface area contributed by atoms with Gasteiger partial charge in [-0.3, -0.25) is 4.98 Å². The molecule has 0 N–H and O–H groups in total. The molecule has 3 aromatic heterocycles. The Bertz CT molecular complexity index is 911. The van der Waals surface area contributed by atoms with Crippen LogP contribution in [-0.2, 0) is 6.42 Å². The van der Waals surface area contributed by atoms with E-state index in [9.17, 15) is 4.39 Å². The lowest BCUT2D eigenvalue weighted by atomic mass is 10.2. The summed E-state index contributed by atoms with van der Waals surface area (Å²) >= 11 is 0. The van der Waals surface area contributed by atoms with E-state index >= 15 is 0 Å². The van der Waals surface area contributed by atoms with Crippen LogP contribution in [0.25, 0.3) is 11.4 Å². The van der Waals surface area contributed by atoms with Gasteiger partial charge in [-0.25, -0.2) is 24.3 Å². The number of rotatable bonds is 4. The number of pyridine rings is 1. The minimum atomic E-state index is -0.318. The van der Waals surface area contributed by atoms with Gasteiger partial charge < -0.3 is 9.80 Å². The molecule has 4 rings (SSSR count). The van der Waals surface area contributed by atoms with Crippen molar-refractivity contribution < 1.29 is 4.39 Å². The monoisotopic (exact) mass is 365 g/mol. The third-order valence-electron chi connectivity index (χ3n) is 4.61. The van der Waals surface area contributed by atoms with Crippen molar-refractivity contribution in [2.75, 3.05) is 36.0 Å². The van der Waals surface area contributed by atoms with Crippen molar-refractivity contribution in [3.05, 3.63) is 54.5 Å². The summed E-state index contributed by atoms with van der Waals surface area (Å²) in [6.45, 7) is 4.56. The van der Waals surface area contributed by atoms with Crippen molar-refractivity contribution in [1.82, 2.24) is 24.9 Å². The van der Waals surface area contributed by atoms with E-state index in [0.717, 1.165) is 11.4 Å². The van der Waals surface area contributed by atoms with Gasteiger partial charge in [-0.15, -0.1) is 0 Å². The van der Waals surface area contributed by atoms with Crippen molar-refractivity contribution in [2.45, 2.75) is 13.3 Å². The van der Waals surface area contributed by atoms with Crippen LogP contribution >= 0.6 is 0 Å². The van der Waals surface area contributed by atoms with E-state index in [1.807, 2.05) is 36.1 Å². The highest BCUT2D eigenvalue weighted by Crippen LogP contribution is 2.22. The molecule has 1 saturated heterocycles. The first kappa shape index (κ1) is 17.3. The Morgan fingerprint density at radius 1 is 0.889 bits per heavy atom. The number of aryl methyl sites for hydroxylation is 1. The standard InChI is InChI=1S/C19H20FN7/c1-2-14-17(20)18(24-13-23-14)26-9-11-27(12-10-26)19-22-8-6-16(25-19)15-5-3-4-7-21-15/h3-8,13H,2,9-12H2,1H3. The molecule has 0 spiro atoms. The van der Waals surface area contributed by atoms with E-state index in [2.05, 4.69) is 29.8 Å². The number of piperazine rings is 1. The Kier molecular flexibility index (Phi) is 4.86. The van der Waals surface area contributed by atoms with Crippen molar-refractivity contribution >= 4 is 11.8 Å². The molecule has 0 bridgehead atoms. The molecule has 0 aliphatic carbocycles. The number of aromatic nitrogens is 5. The van der Waals surface area contributed by atoms with Gasteiger partial charge in [0.2, 0.25) is 5.95 Å². The number of anilines is 2. The maximum Gasteiger partial charge on any atom is 0.226 e. The lowest BCUT2D eigenvalue weighted by Crippen LogP contribution is -2.47. The summed E-state index contributed by atoms with van der Waals surface area (Å²) in [5.41, 5.74) is 2.06. The number of halogens is 1. The molecular formula is C19H20FN7. The molecule has 0 aromatic carbocycles. The molecule has 1 aliphatic rings. The summed E-state index contributed by atoms with van der Waals surface area (Å²) in [5.74, 6) is 0.724. The van der Waals surface area contributed by atoms with Crippen LogP contribution in [0.3, 0.4) is 0 Å². The van der Waals surface area contributed by atoms with Crippen LogP contribution in [0.1, 0.15) is 12.6 Å². The average Bonchev–Trinajstić information content (AvgIpc) is 2.75. The van der Waals surface area contributed by atoms with Gasteiger partial charge in [-0.1, -0.05) is 13.0 Å². The second-order valence-corrected chi connectivity index (χ2v) is 6.24. The summed E-state index contributed by atoms with van der Waals surface area (Å²) in [6, 6.07) is 7.59. The summed E-state index contributed by atoms with van der Waals surface area (Å²) in [5, 5.41) is 0. The fourth-order valence-electron chi connectivity index (χ4n) is 3.14. The molecule has 138 valence electrons. The van der Waals surface area contributed by atoms with Crippen molar-refractivity contribution in [2.24, 2.45) is 0 Å². The average molecular weight is 365 g/mol. The normalized spacial score (nSPS) is 14.4. The molecule has 0 amide bonds. The Hall–Kier alpha value is -3.16. The maximum atomic E-state index is 14.5. The van der Waals surface area contributed by atoms with Crippen LogP contribution in [0.5, 0.6) is 0 Å². The lowest BCUT2D eigenvalue weighted by Gasteiger charge is -2.35. The zero-order valence-corrected chi connectivity index (χ0v) is 15.1. The zero-order valence-electron chi connectivity index (χ0n) is 15.1. The van der Waals surface area contributed by atoms with Gasteiger partial charge in [0.1, 0.15) is 6.33 Å². The summed E-state index contributed by atoms with van der Waals surface area (Å²) < 4.78 is 14.5. The second kappa shape index (κ2) is 7.61. The molecule has 3 aromatic rings. The first-order chi connectivity index (χ1) is 13.3. The maximum absolute atomic E-state index is 14.5. The Morgan fingerprint density at radius 2 is 1.70 bits per heavy atom. The van der Waals surface area contributed by atoms with Gasteiger partial charge in [0, 0.05) is 38.6 Å². The Morgan fingerprint density at radius 3 is 2.44 bits per heavy atom. The molecule has 0 radical (unpaired) electrons. The van der Waals surface area contributed by atoms with E-state index in [4.69, 9.17) is 0 Å². The van der Waals surface area contributed by atoms with Crippen molar-refractivity contribution in [1.29, 1.82) is 0 Å². The molecular weight excluding hydrogens is 345 g/mol. The van der Waals surface area contributed by atoms with Crippen LogP contribution in [0.4, 0.5) is 16.2 Å². The van der Waals surface area contributed by atoms with E-state index in [-0.39, 0.29) is 5.82 Å². The van der Waals surface area contributed by atoms with Gasteiger partial charge in [0.15, 0.2) is 11.6 Å². The second-order valence-electron chi connectivity index (χ2n) is 6.24. The molecule has 0 saturated carbocycles. The van der Waals surface area contributed by atoms with E-state index in [1.165, 1.54) is 6.33 Å². The molecule has 0 unspecified atom stereocenters. The predicted octanol–water partition coefficient (Wildman–Crippen LogP) is 2.36. The van der Waals surface area contributed by atoms with Crippen LogP contribution in [0.15, 0.2) is 43.0 Å². The van der Waals surface area contributed by atoms with Crippen LogP contribution < -0.4 is 9.80 Å². The topological polar surface area (TPSA) is 70.9 Å². The molecule has 4 heterocycles. The summed E-state index contributed by atoms with van der Waals surface area (Å²) in [6.07, 6.45) is 5.48. The third-order valence-corrected chi connectivity index (χ3v) is 4.61. The van der Waals surface area contributed by atoms with Gasteiger partial charge in [-0.05, 0) is 24.6 Å². The molecule has 27 heavy (non-hydrogen) atoms. The molecule has 1 fully saturated rings. The quantitative estimate of drug-likeness (QED) is 0.703. The van der Waals surface area contributed by atoms with Crippen molar-refractivity contribution in [3.8, 4) is 11.4 Å². The van der Waals surface area contributed by atoms with E-state index in [1.54, 1.807) is 12.4 Å². The lowest BCUT2D eigenvalue weighted by molar-refractivity contribution is 0.566. The van der Waals surface area contributed by atoms with Gasteiger partial charge in [0.25, 0.3) is 0 Å². The third kappa shape index (κ3) is 3.55. The molecule has 8 heteroatoms. The van der Waals surface area contributed by atoms with Crippen molar-refractivity contribution in [3.63, 3.8) is 0 Å². The van der Waals surface area contributed by atoms with E-state index < -0.39 is 0 Å². The first-order valence-corrected chi connectivity index (χ1v) is 9.00. The smallest absolute Gasteiger partial charge is 0.226 e. The van der Waals surface area contributed by atoms with Crippen LogP contribution in [-0.4, -0.2) is 51.1 Å². The van der Waals surface area contributed by atoms with Gasteiger partial charge >= 0.3 is 0 Å².